The van der Waals surface area contributed by atoms with Crippen molar-refractivity contribution in [3.8, 4) is 5.75 Å². The predicted molar refractivity (Wildman–Crippen MR) is 122 cm³/mol. The van der Waals surface area contributed by atoms with Gasteiger partial charge in [-0.1, -0.05) is 55.7 Å². The molecule has 1 fully saturated rings. The van der Waals surface area contributed by atoms with E-state index in [-0.39, 0.29) is 11.0 Å². The first-order valence-corrected chi connectivity index (χ1v) is 11.6. The minimum Gasteiger partial charge on any atom is -0.487 e. The van der Waals surface area contributed by atoms with Crippen molar-refractivity contribution in [1.82, 2.24) is 4.98 Å². The molecular weight excluding hydrogens is 394 g/mol. The molecule has 1 heterocycles. The lowest BCUT2D eigenvalue weighted by Gasteiger charge is -2.30. The Bertz CT molecular complexity index is 983. The molecule has 1 aliphatic carbocycles. The molecule has 1 aromatic heterocycles. The number of para-hydroxylation sites is 1. The molecule has 1 atom stereocenters. The number of carboxylic acid groups (broad SMARTS) is 1. The third-order valence-corrected chi connectivity index (χ3v) is 7.15. The van der Waals surface area contributed by atoms with Gasteiger partial charge in [0, 0.05) is 10.6 Å². The Kier molecular flexibility index (Phi) is 6.90. The second-order valence-corrected chi connectivity index (χ2v) is 9.01. The zero-order chi connectivity index (χ0) is 20.8. The first kappa shape index (κ1) is 20.7. The fraction of sp³-hybridized carbons (Fsp3) is 0.360. The number of aliphatic carboxylic acids is 1. The van der Waals surface area contributed by atoms with E-state index in [0.717, 1.165) is 22.3 Å². The van der Waals surface area contributed by atoms with Crippen molar-refractivity contribution in [2.45, 2.75) is 44.0 Å². The molecule has 1 aliphatic rings. The zero-order valence-corrected chi connectivity index (χ0v) is 17.8. The van der Waals surface area contributed by atoms with Gasteiger partial charge in [-0.2, -0.15) is 0 Å². The SMILES string of the molecule is O=C(O)CSC(c1ccc(OCc2ccc3ccccc3n2)cc1)C1CCCCC1. The van der Waals surface area contributed by atoms with Crippen molar-refractivity contribution >= 4 is 28.6 Å². The number of hydrogen-bond donors (Lipinski definition) is 1. The second kappa shape index (κ2) is 9.98. The lowest BCUT2D eigenvalue weighted by molar-refractivity contribution is -0.133. The monoisotopic (exact) mass is 421 g/mol. The van der Waals surface area contributed by atoms with Crippen LogP contribution in [0.2, 0.25) is 0 Å². The van der Waals surface area contributed by atoms with Crippen LogP contribution in [0, 0.1) is 5.92 Å². The van der Waals surface area contributed by atoms with Gasteiger partial charge in [0.15, 0.2) is 0 Å². The topological polar surface area (TPSA) is 59.4 Å². The predicted octanol–water partition coefficient (Wildman–Crippen LogP) is 6.25. The summed E-state index contributed by atoms with van der Waals surface area (Å²) in [4.78, 5) is 15.8. The van der Waals surface area contributed by atoms with Gasteiger partial charge in [0.05, 0.1) is 17.0 Å². The van der Waals surface area contributed by atoms with Crippen molar-refractivity contribution in [3.63, 3.8) is 0 Å². The zero-order valence-electron chi connectivity index (χ0n) is 17.0. The summed E-state index contributed by atoms with van der Waals surface area (Å²) in [7, 11) is 0. The number of carbonyl (C=O) groups is 1. The van der Waals surface area contributed by atoms with Gasteiger partial charge in [0.25, 0.3) is 0 Å². The number of hydrogen-bond acceptors (Lipinski definition) is 4. The Balaban J connectivity index is 1.42. The largest absolute Gasteiger partial charge is 0.487 e. The Morgan fingerprint density at radius 1 is 1.03 bits per heavy atom. The lowest BCUT2D eigenvalue weighted by atomic mass is 9.84. The van der Waals surface area contributed by atoms with Crippen LogP contribution in [-0.4, -0.2) is 21.8 Å². The van der Waals surface area contributed by atoms with Crippen LogP contribution >= 0.6 is 11.8 Å². The average molecular weight is 422 g/mol. The van der Waals surface area contributed by atoms with Crippen LogP contribution in [0.15, 0.2) is 60.7 Å². The fourth-order valence-electron chi connectivity index (χ4n) is 4.20. The summed E-state index contributed by atoms with van der Waals surface area (Å²) in [6.45, 7) is 0.421. The van der Waals surface area contributed by atoms with Crippen LogP contribution < -0.4 is 4.74 Å². The molecule has 3 aromatic rings. The Labute approximate surface area is 181 Å². The maximum atomic E-state index is 11.1. The molecule has 4 nitrogen and oxygen atoms in total. The first-order valence-electron chi connectivity index (χ1n) is 10.6. The van der Waals surface area contributed by atoms with Crippen LogP contribution in [0.25, 0.3) is 10.9 Å². The molecule has 1 unspecified atom stereocenters. The molecule has 0 bridgehead atoms. The minimum absolute atomic E-state index is 0.146. The van der Waals surface area contributed by atoms with E-state index in [1.165, 1.54) is 37.7 Å². The van der Waals surface area contributed by atoms with Crippen LogP contribution in [0.3, 0.4) is 0 Å². The summed E-state index contributed by atoms with van der Waals surface area (Å²) >= 11 is 1.56. The highest BCUT2D eigenvalue weighted by Gasteiger charge is 2.26. The fourth-order valence-corrected chi connectivity index (χ4v) is 5.42. The number of pyridine rings is 1. The summed E-state index contributed by atoms with van der Waals surface area (Å²) in [6, 6.07) is 20.3. The molecule has 0 radical (unpaired) electrons. The Hall–Kier alpha value is -2.53. The number of fused-ring (bicyclic) bond motifs is 1. The van der Waals surface area contributed by atoms with Crippen LogP contribution in [0.4, 0.5) is 0 Å². The molecule has 1 saturated carbocycles. The lowest BCUT2D eigenvalue weighted by Crippen LogP contribution is -2.16. The number of rotatable bonds is 8. The van der Waals surface area contributed by atoms with Crippen molar-refractivity contribution in [2.75, 3.05) is 5.75 Å². The van der Waals surface area contributed by atoms with Gasteiger partial charge in [-0.15, -0.1) is 11.8 Å². The van der Waals surface area contributed by atoms with Crippen LogP contribution in [-0.2, 0) is 11.4 Å². The molecule has 30 heavy (non-hydrogen) atoms. The number of thioether (sulfide) groups is 1. The van der Waals surface area contributed by atoms with E-state index in [1.807, 2.05) is 36.4 Å². The van der Waals surface area contributed by atoms with E-state index in [9.17, 15) is 4.79 Å². The standard InChI is InChI=1S/C25H27NO3S/c27-24(28)17-30-25(19-7-2-1-3-8-19)20-11-14-22(15-12-20)29-16-21-13-10-18-6-4-5-9-23(18)26-21/h4-6,9-15,19,25H,1-3,7-8,16-17H2,(H,27,28). The van der Waals surface area contributed by atoms with Crippen LogP contribution in [0.5, 0.6) is 5.75 Å². The highest BCUT2D eigenvalue weighted by molar-refractivity contribution is 8.00. The average Bonchev–Trinajstić information content (AvgIpc) is 2.79. The van der Waals surface area contributed by atoms with Gasteiger partial charge >= 0.3 is 5.97 Å². The normalized spacial score (nSPS) is 15.7. The van der Waals surface area contributed by atoms with E-state index in [0.29, 0.717) is 12.5 Å². The van der Waals surface area contributed by atoms with E-state index >= 15 is 0 Å². The molecule has 4 rings (SSSR count). The van der Waals surface area contributed by atoms with E-state index in [2.05, 4.69) is 29.2 Å². The molecule has 0 spiro atoms. The van der Waals surface area contributed by atoms with Gasteiger partial charge in [-0.05, 0) is 48.6 Å². The Morgan fingerprint density at radius 3 is 2.57 bits per heavy atom. The van der Waals surface area contributed by atoms with Gasteiger partial charge in [0.1, 0.15) is 12.4 Å². The quantitative estimate of drug-likeness (QED) is 0.466. The first-order chi connectivity index (χ1) is 14.7. The number of benzene rings is 2. The molecule has 0 amide bonds. The van der Waals surface area contributed by atoms with Crippen LogP contribution in [0.1, 0.15) is 48.6 Å². The molecule has 0 aliphatic heterocycles. The number of nitrogens with zero attached hydrogens (tertiary/aromatic N) is 1. The summed E-state index contributed by atoms with van der Waals surface area (Å²) in [5.74, 6) is 0.757. The van der Waals surface area contributed by atoms with E-state index in [1.54, 1.807) is 11.8 Å². The molecule has 1 N–H and O–H groups in total. The highest BCUT2D eigenvalue weighted by Crippen LogP contribution is 2.43. The number of ether oxygens (including phenoxy) is 1. The van der Waals surface area contributed by atoms with Crippen molar-refractivity contribution in [2.24, 2.45) is 5.92 Å². The molecular formula is C25H27NO3S. The third-order valence-electron chi connectivity index (χ3n) is 5.72. The molecule has 0 saturated heterocycles. The maximum Gasteiger partial charge on any atom is 0.313 e. The smallest absolute Gasteiger partial charge is 0.313 e. The van der Waals surface area contributed by atoms with Gasteiger partial charge in [0.2, 0.25) is 0 Å². The van der Waals surface area contributed by atoms with E-state index < -0.39 is 5.97 Å². The van der Waals surface area contributed by atoms with E-state index in [4.69, 9.17) is 9.84 Å². The number of carboxylic acids is 1. The third kappa shape index (κ3) is 5.33. The van der Waals surface area contributed by atoms with Crippen molar-refractivity contribution in [3.05, 3.63) is 71.9 Å². The summed E-state index contributed by atoms with van der Waals surface area (Å²) in [5.41, 5.74) is 3.07. The maximum absolute atomic E-state index is 11.1. The van der Waals surface area contributed by atoms with Gasteiger partial charge in [-0.3, -0.25) is 4.79 Å². The Morgan fingerprint density at radius 2 is 1.80 bits per heavy atom. The molecule has 5 heteroatoms. The summed E-state index contributed by atoms with van der Waals surface area (Å²) in [5, 5.41) is 10.5. The number of aromatic nitrogens is 1. The molecule has 2 aromatic carbocycles. The summed E-state index contributed by atoms with van der Waals surface area (Å²) in [6.07, 6.45) is 6.15. The molecule has 156 valence electrons. The second-order valence-electron chi connectivity index (χ2n) is 7.88. The summed E-state index contributed by atoms with van der Waals surface area (Å²) < 4.78 is 5.96. The van der Waals surface area contributed by atoms with Gasteiger partial charge in [-0.25, -0.2) is 4.98 Å². The van der Waals surface area contributed by atoms with Crippen molar-refractivity contribution in [1.29, 1.82) is 0 Å². The van der Waals surface area contributed by atoms with Gasteiger partial charge < -0.3 is 9.84 Å². The van der Waals surface area contributed by atoms with Crippen molar-refractivity contribution < 1.29 is 14.6 Å². The highest BCUT2D eigenvalue weighted by atomic mass is 32.2. The minimum atomic E-state index is -0.747.